The molecule has 2 aromatic carbocycles. The normalized spacial score (nSPS) is 20.7. The fraction of sp³-hybridized carbons (Fsp3) is 0.235. The SMILES string of the molecule is COc1ccccc1[C@@]1(C)SCc2nc3ccccc3n21. The van der Waals surface area contributed by atoms with Crippen LogP contribution in [-0.4, -0.2) is 16.7 Å². The first-order chi connectivity index (χ1) is 10.2. The molecule has 3 aromatic rings. The minimum absolute atomic E-state index is 0.183. The molecule has 0 saturated carbocycles. The molecule has 21 heavy (non-hydrogen) atoms. The molecule has 0 radical (unpaired) electrons. The zero-order chi connectivity index (χ0) is 14.4. The van der Waals surface area contributed by atoms with Gasteiger partial charge in [0.25, 0.3) is 0 Å². The van der Waals surface area contributed by atoms with E-state index in [1.807, 2.05) is 30.0 Å². The van der Waals surface area contributed by atoms with Crippen LogP contribution in [0.4, 0.5) is 0 Å². The van der Waals surface area contributed by atoms with Gasteiger partial charge in [-0.25, -0.2) is 4.98 Å². The van der Waals surface area contributed by atoms with E-state index in [0.717, 1.165) is 22.8 Å². The molecular formula is C17H16N2OS. The van der Waals surface area contributed by atoms with Gasteiger partial charge in [-0.05, 0) is 25.1 Å². The molecule has 0 aliphatic carbocycles. The first kappa shape index (κ1) is 12.8. The maximum Gasteiger partial charge on any atom is 0.125 e. The minimum Gasteiger partial charge on any atom is -0.496 e. The van der Waals surface area contributed by atoms with Gasteiger partial charge in [0.05, 0.1) is 23.9 Å². The maximum atomic E-state index is 5.58. The molecule has 4 rings (SSSR count). The summed E-state index contributed by atoms with van der Waals surface area (Å²) in [5, 5.41) is 0. The van der Waals surface area contributed by atoms with Crippen LogP contribution in [0.2, 0.25) is 0 Å². The first-order valence-corrected chi connectivity index (χ1v) is 7.97. The molecule has 4 heteroatoms. The van der Waals surface area contributed by atoms with Crippen molar-refractivity contribution in [2.24, 2.45) is 0 Å². The van der Waals surface area contributed by atoms with Crippen LogP contribution in [0, 0.1) is 0 Å². The maximum absolute atomic E-state index is 5.58. The van der Waals surface area contributed by atoms with E-state index >= 15 is 0 Å². The van der Waals surface area contributed by atoms with Gasteiger partial charge >= 0.3 is 0 Å². The highest BCUT2D eigenvalue weighted by atomic mass is 32.2. The molecule has 1 atom stereocenters. The zero-order valence-electron chi connectivity index (χ0n) is 12.0. The van der Waals surface area contributed by atoms with Crippen LogP contribution in [0.5, 0.6) is 5.75 Å². The molecule has 0 fully saturated rings. The molecule has 1 aliphatic rings. The number of para-hydroxylation sites is 3. The largest absolute Gasteiger partial charge is 0.496 e. The number of methoxy groups -OCH3 is 1. The summed E-state index contributed by atoms with van der Waals surface area (Å²) in [5.41, 5.74) is 3.44. The summed E-state index contributed by atoms with van der Waals surface area (Å²) in [5.74, 6) is 2.98. The average molecular weight is 296 g/mol. The molecule has 106 valence electrons. The smallest absolute Gasteiger partial charge is 0.125 e. The molecule has 0 N–H and O–H groups in total. The Balaban J connectivity index is 2.00. The fourth-order valence-corrected chi connectivity index (χ4v) is 4.41. The third kappa shape index (κ3) is 1.72. The molecule has 0 unspecified atom stereocenters. The number of aromatic nitrogens is 2. The van der Waals surface area contributed by atoms with Crippen molar-refractivity contribution in [2.75, 3.05) is 7.11 Å². The summed E-state index contributed by atoms with van der Waals surface area (Å²) < 4.78 is 7.93. The van der Waals surface area contributed by atoms with Crippen molar-refractivity contribution in [1.29, 1.82) is 0 Å². The van der Waals surface area contributed by atoms with E-state index in [1.165, 1.54) is 11.1 Å². The Hall–Kier alpha value is -1.94. The van der Waals surface area contributed by atoms with Crippen molar-refractivity contribution in [3.05, 3.63) is 59.9 Å². The van der Waals surface area contributed by atoms with E-state index in [2.05, 4.69) is 41.8 Å². The van der Waals surface area contributed by atoms with Crippen molar-refractivity contribution >= 4 is 22.8 Å². The van der Waals surface area contributed by atoms with Gasteiger partial charge in [0.1, 0.15) is 16.4 Å². The van der Waals surface area contributed by atoms with Crippen LogP contribution in [0.15, 0.2) is 48.5 Å². The molecule has 0 amide bonds. The lowest BCUT2D eigenvalue weighted by Crippen LogP contribution is -2.25. The molecule has 2 heterocycles. The van der Waals surface area contributed by atoms with Crippen molar-refractivity contribution in [3.8, 4) is 5.75 Å². The lowest BCUT2D eigenvalue weighted by molar-refractivity contribution is 0.400. The predicted octanol–water partition coefficient (Wildman–Crippen LogP) is 4.01. The summed E-state index contributed by atoms with van der Waals surface area (Å²) in [6.07, 6.45) is 0. The average Bonchev–Trinajstić information content (AvgIpc) is 3.06. The molecule has 0 bridgehead atoms. The summed E-state index contributed by atoms with van der Waals surface area (Å²) in [6.45, 7) is 2.25. The lowest BCUT2D eigenvalue weighted by Gasteiger charge is -2.28. The number of thioether (sulfide) groups is 1. The molecular weight excluding hydrogens is 280 g/mol. The molecule has 1 aliphatic heterocycles. The zero-order valence-corrected chi connectivity index (χ0v) is 12.9. The third-order valence-electron chi connectivity index (χ3n) is 4.15. The van der Waals surface area contributed by atoms with Gasteiger partial charge in [0.2, 0.25) is 0 Å². The topological polar surface area (TPSA) is 27.1 Å². The Morgan fingerprint density at radius 1 is 1.14 bits per heavy atom. The van der Waals surface area contributed by atoms with E-state index < -0.39 is 0 Å². The predicted molar refractivity (Wildman–Crippen MR) is 86.8 cm³/mol. The summed E-state index contributed by atoms with van der Waals surface area (Å²) in [6, 6.07) is 16.6. The second-order valence-electron chi connectivity index (χ2n) is 5.32. The van der Waals surface area contributed by atoms with Gasteiger partial charge in [0.15, 0.2) is 0 Å². The van der Waals surface area contributed by atoms with Gasteiger partial charge in [0, 0.05) is 5.56 Å². The first-order valence-electron chi connectivity index (χ1n) is 6.98. The molecule has 3 nitrogen and oxygen atoms in total. The van der Waals surface area contributed by atoms with Gasteiger partial charge in [-0.2, -0.15) is 0 Å². The Labute approximate surface area is 127 Å². The van der Waals surface area contributed by atoms with E-state index in [-0.39, 0.29) is 4.87 Å². The second kappa shape index (κ2) is 4.53. The lowest BCUT2D eigenvalue weighted by atomic mass is 10.1. The van der Waals surface area contributed by atoms with Crippen LogP contribution >= 0.6 is 11.8 Å². The highest BCUT2D eigenvalue weighted by molar-refractivity contribution is 7.99. The van der Waals surface area contributed by atoms with E-state index in [4.69, 9.17) is 9.72 Å². The highest BCUT2D eigenvalue weighted by Crippen LogP contribution is 2.50. The number of fused-ring (bicyclic) bond motifs is 3. The Bertz CT molecular complexity index is 827. The molecule has 0 saturated heterocycles. The second-order valence-corrected chi connectivity index (χ2v) is 6.70. The van der Waals surface area contributed by atoms with Gasteiger partial charge in [-0.1, -0.05) is 30.3 Å². The quantitative estimate of drug-likeness (QED) is 0.715. The monoisotopic (exact) mass is 296 g/mol. The third-order valence-corrected chi connectivity index (χ3v) is 5.51. The summed E-state index contributed by atoms with van der Waals surface area (Å²) >= 11 is 1.90. The number of hydrogen-bond acceptors (Lipinski definition) is 3. The van der Waals surface area contributed by atoms with Crippen LogP contribution in [0.1, 0.15) is 18.3 Å². The summed E-state index contributed by atoms with van der Waals surface area (Å²) in [4.78, 5) is 4.59. The Morgan fingerprint density at radius 3 is 2.76 bits per heavy atom. The number of rotatable bonds is 2. The number of imidazole rings is 1. The molecule has 1 aromatic heterocycles. The number of hydrogen-bond donors (Lipinski definition) is 0. The number of ether oxygens (including phenoxy) is 1. The van der Waals surface area contributed by atoms with Crippen LogP contribution in [0.3, 0.4) is 0 Å². The fourth-order valence-electron chi connectivity index (χ4n) is 3.14. The van der Waals surface area contributed by atoms with E-state index in [0.29, 0.717) is 0 Å². The number of benzene rings is 2. The van der Waals surface area contributed by atoms with Gasteiger partial charge in [-0.15, -0.1) is 11.8 Å². The van der Waals surface area contributed by atoms with E-state index in [1.54, 1.807) is 7.11 Å². The van der Waals surface area contributed by atoms with Crippen LogP contribution in [0.25, 0.3) is 11.0 Å². The van der Waals surface area contributed by atoms with Crippen LogP contribution < -0.4 is 4.74 Å². The standard InChI is InChI=1S/C17H16N2OS/c1-17(12-7-3-6-10-15(12)20-2)19-14-9-5-4-8-13(14)18-16(19)11-21-17/h3-10H,11H2,1-2H3/t17-/m1/s1. The van der Waals surface area contributed by atoms with Crippen LogP contribution in [-0.2, 0) is 10.6 Å². The molecule has 0 spiro atoms. The van der Waals surface area contributed by atoms with Gasteiger partial charge in [-0.3, -0.25) is 0 Å². The van der Waals surface area contributed by atoms with Crippen molar-refractivity contribution in [1.82, 2.24) is 9.55 Å². The Morgan fingerprint density at radius 2 is 1.90 bits per heavy atom. The Kier molecular flexibility index (Phi) is 2.76. The van der Waals surface area contributed by atoms with E-state index in [9.17, 15) is 0 Å². The highest BCUT2D eigenvalue weighted by Gasteiger charge is 2.40. The number of nitrogens with zero attached hydrogens (tertiary/aromatic N) is 2. The van der Waals surface area contributed by atoms with Crippen molar-refractivity contribution in [2.45, 2.75) is 17.5 Å². The van der Waals surface area contributed by atoms with Gasteiger partial charge < -0.3 is 9.30 Å². The minimum atomic E-state index is -0.183. The summed E-state index contributed by atoms with van der Waals surface area (Å²) in [7, 11) is 1.73. The van der Waals surface area contributed by atoms with Crippen molar-refractivity contribution < 1.29 is 4.74 Å². The van der Waals surface area contributed by atoms with Crippen molar-refractivity contribution in [3.63, 3.8) is 0 Å².